The van der Waals surface area contributed by atoms with Crippen LogP contribution in [0.3, 0.4) is 0 Å². The Balaban J connectivity index is 1.63. The van der Waals surface area contributed by atoms with E-state index >= 15 is 0 Å². The van der Waals surface area contributed by atoms with E-state index in [9.17, 15) is 9.90 Å². The van der Waals surface area contributed by atoms with E-state index in [1.54, 1.807) is 0 Å². The van der Waals surface area contributed by atoms with Crippen molar-refractivity contribution in [1.29, 1.82) is 0 Å². The summed E-state index contributed by atoms with van der Waals surface area (Å²) in [5.74, 6) is 0.488. The summed E-state index contributed by atoms with van der Waals surface area (Å²) in [7, 11) is 1.93. The number of halogens is 1. The first-order chi connectivity index (χ1) is 16.1. The number of nitrogens with zero attached hydrogens (tertiary/aromatic N) is 2. The molecular formula is C29H30ClN2O2+. The van der Waals surface area contributed by atoms with Crippen molar-refractivity contribution in [1.82, 2.24) is 4.57 Å². The van der Waals surface area contributed by atoms with Gasteiger partial charge in [0.2, 0.25) is 11.5 Å². The number of para-hydroxylation sites is 1. The van der Waals surface area contributed by atoms with Crippen molar-refractivity contribution in [2.45, 2.75) is 39.5 Å². The van der Waals surface area contributed by atoms with Crippen LogP contribution in [-0.2, 0) is 17.3 Å². The second kappa shape index (κ2) is 7.99. The smallest absolute Gasteiger partial charge is 0.209 e. The summed E-state index contributed by atoms with van der Waals surface area (Å²) in [5.41, 5.74) is 5.61. The predicted molar refractivity (Wildman–Crippen MR) is 139 cm³/mol. The number of Topliss-reactive ketones (excluding diaryl/α,β-unsaturated/α-hetero) is 1. The van der Waals surface area contributed by atoms with E-state index in [4.69, 9.17) is 11.6 Å². The number of hydrogen-bond donors (Lipinski definition) is 1. The fourth-order valence-corrected chi connectivity index (χ4v) is 5.41. The number of aromatic nitrogens is 1. The summed E-state index contributed by atoms with van der Waals surface area (Å²) in [4.78, 5) is 13.4. The Kier molecular flexibility index (Phi) is 5.33. The van der Waals surface area contributed by atoms with Crippen LogP contribution in [0.4, 0.5) is 5.69 Å². The van der Waals surface area contributed by atoms with E-state index in [0.29, 0.717) is 22.1 Å². The van der Waals surface area contributed by atoms with Crippen molar-refractivity contribution in [2.75, 3.05) is 6.54 Å². The number of ketones is 1. The molecule has 174 valence electrons. The summed E-state index contributed by atoms with van der Waals surface area (Å²) in [6.45, 7) is 9.68. The highest BCUT2D eigenvalue weighted by Crippen LogP contribution is 2.44. The number of aliphatic hydroxyl groups excluding tert-OH is 1. The van der Waals surface area contributed by atoms with Gasteiger partial charge in [-0.3, -0.25) is 4.79 Å². The van der Waals surface area contributed by atoms with Gasteiger partial charge in [-0.05, 0) is 38.0 Å². The molecule has 0 unspecified atom stereocenters. The predicted octanol–water partition coefficient (Wildman–Crippen LogP) is 6.73. The van der Waals surface area contributed by atoms with Crippen LogP contribution in [0.1, 0.15) is 45.2 Å². The van der Waals surface area contributed by atoms with Gasteiger partial charge in [0.05, 0.1) is 16.6 Å². The van der Waals surface area contributed by atoms with Crippen LogP contribution < -0.4 is 0 Å². The molecule has 1 aromatic heterocycles. The second-order valence-corrected chi connectivity index (χ2v) is 10.7. The zero-order valence-corrected chi connectivity index (χ0v) is 21.1. The number of carbonyl (C=O) groups is 1. The van der Waals surface area contributed by atoms with Gasteiger partial charge < -0.3 is 9.67 Å². The number of aryl methyl sites for hydroxylation is 1. The minimum Gasteiger partial charge on any atom is -0.506 e. The zero-order chi connectivity index (χ0) is 24.4. The molecule has 0 saturated heterocycles. The monoisotopic (exact) mass is 473 g/mol. The minimum absolute atomic E-state index is 0.0561. The molecule has 3 aromatic rings. The second-order valence-electron chi connectivity index (χ2n) is 10.3. The van der Waals surface area contributed by atoms with Gasteiger partial charge in [-0.25, -0.2) is 0 Å². The summed E-state index contributed by atoms with van der Waals surface area (Å²) < 4.78 is 4.27. The highest BCUT2D eigenvalue weighted by Gasteiger charge is 2.46. The Bertz CT molecular complexity index is 1450. The quantitative estimate of drug-likeness (QED) is 0.329. The lowest BCUT2D eigenvalue weighted by atomic mass is 9.77. The lowest BCUT2D eigenvalue weighted by Crippen LogP contribution is -2.31. The van der Waals surface area contributed by atoms with Crippen molar-refractivity contribution in [3.8, 4) is 0 Å². The first-order valence-corrected chi connectivity index (χ1v) is 12.2. The first-order valence-electron chi connectivity index (χ1n) is 11.8. The molecule has 5 heteroatoms. The summed E-state index contributed by atoms with van der Waals surface area (Å²) in [6, 6.07) is 14.0. The molecule has 4 nitrogen and oxygen atoms in total. The molecule has 1 aliphatic carbocycles. The van der Waals surface area contributed by atoms with Crippen LogP contribution in [0.5, 0.6) is 0 Å². The molecule has 1 N–H and O–H groups in total. The number of rotatable bonds is 5. The number of carbonyl (C=O) groups excluding carboxylic acids is 1. The highest BCUT2D eigenvalue weighted by atomic mass is 35.5. The molecule has 1 aliphatic heterocycles. The van der Waals surface area contributed by atoms with E-state index in [-0.39, 0.29) is 17.0 Å². The van der Waals surface area contributed by atoms with Crippen molar-refractivity contribution in [2.24, 2.45) is 13.0 Å². The SMILES string of the molecule is CC(C)CC[N+]1=C(/C=C2\C(=O)C(c3cn(C)c4ccc(Cl)cc34)=C2O)C(C)(C)c2ccccc21. The van der Waals surface area contributed by atoms with Crippen molar-refractivity contribution in [3.63, 3.8) is 0 Å². The maximum absolute atomic E-state index is 13.4. The van der Waals surface area contributed by atoms with Crippen LogP contribution >= 0.6 is 11.6 Å². The maximum Gasteiger partial charge on any atom is 0.209 e. The maximum atomic E-state index is 13.4. The third kappa shape index (κ3) is 3.35. The fraction of sp³-hybridized carbons (Fsp3) is 0.310. The number of fused-ring (bicyclic) bond motifs is 2. The Morgan fingerprint density at radius 1 is 1.18 bits per heavy atom. The number of benzene rings is 2. The summed E-state index contributed by atoms with van der Waals surface area (Å²) >= 11 is 6.23. The molecule has 34 heavy (non-hydrogen) atoms. The van der Waals surface area contributed by atoms with Gasteiger partial charge in [0.25, 0.3) is 0 Å². The van der Waals surface area contributed by atoms with E-state index in [1.807, 2.05) is 42.1 Å². The average Bonchev–Trinajstić information content (AvgIpc) is 3.21. The van der Waals surface area contributed by atoms with Gasteiger partial charge in [0.15, 0.2) is 5.71 Å². The molecule has 2 heterocycles. The van der Waals surface area contributed by atoms with Gasteiger partial charge in [-0.1, -0.05) is 43.6 Å². The number of aliphatic hydroxyl groups is 1. The van der Waals surface area contributed by atoms with E-state index < -0.39 is 0 Å². The molecule has 5 rings (SSSR count). The van der Waals surface area contributed by atoms with Gasteiger partial charge in [-0.15, -0.1) is 0 Å². The molecule has 2 aliphatic rings. The average molecular weight is 474 g/mol. The molecule has 2 aromatic carbocycles. The third-order valence-electron chi connectivity index (χ3n) is 7.19. The molecule has 0 atom stereocenters. The summed E-state index contributed by atoms with van der Waals surface area (Å²) in [6.07, 6.45) is 4.83. The van der Waals surface area contributed by atoms with Gasteiger partial charge >= 0.3 is 0 Å². The van der Waals surface area contributed by atoms with Crippen molar-refractivity contribution >= 4 is 45.3 Å². The lowest BCUT2D eigenvalue weighted by Gasteiger charge is -2.22. The molecule has 0 fully saturated rings. The van der Waals surface area contributed by atoms with Crippen molar-refractivity contribution in [3.05, 3.63) is 82.2 Å². The standard InChI is InChI=1S/C29H29ClN2O2/c1-17(2)12-13-32-24-9-7-6-8-22(24)29(3,4)25(32)15-20-27(33)26(28(20)34)21-16-31(5)23-11-10-18(30)14-19(21)23/h6-11,14-17H,12-13H2,1-5H3/p+1. The molecule has 0 bridgehead atoms. The van der Waals surface area contributed by atoms with Gasteiger partial charge in [0.1, 0.15) is 12.3 Å². The Morgan fingerprint density at radius 3 is 2.62 bits per heavy atom. The molecule has 0 saturated carbocycles. The largest absolute Gasteiger partial charge is 0.506 e. The Labute approximate surface area is 205 Å². The topological polar surface area (TPSA) is 45.2 Å². The van der Waals surface area contributed by atoms with Crippen molar-refractivity contribution < 1.29 is 14.5 Å². The van der Waals surface area contributed by atoms with Crippen LogP contribution in [0, 0.1) is 5.92 Å². The number of hydrogen-bond acceptors (Lipinski definition) is 2. The lowest BCUT2D eigenvalue weighted by molar-refractivity contribution is -0.439. The Morgan fingerprint density at radius 2 is 1.91 bits per heavy atom. The van der Waals surface area contributed by atoms with Crippen LogP contribution in [0.25, 0.3) is 16.5 Å². The van der Waals surface area contributed by atoms with E-state index in [1.165, 1.54) is 11.3 Å². The summed E-state index contributed by atoms with van der Waals surface area (Å²) in [5, 5.41) is 12.6. The van der Waals surface area contributed by atoms with E-state index in [2.05, 4.69) is 56.5 Å². The number of allylic oxidation sites excluding steroid dienone is 3. The first kappa shape index (κ1) is 22.7. The molecule has 0 radical (unpaired) electrons. The Hall–Kier alpha value is -3.11. The third-order valence-corrected chi connectivity index (χ3v) is 7.43. The zero-order valence-electron chi connectivity index (χ0n) is 20.3. The highest BCUT2D eigenvalue weighted by molar-refractivity contribution is 6.41. The van der Waals surface area contributed by atoms with E-state index in [0.717, 1.165) is 35.1 Å². The van der Waals surface area contributed by atoms with Crippen LogP contribution in [-0.4, -0.2) is 32.3 Å². The van der Waals surface area contributed by atoms with Crippen LogP contribution in [0.15, 0.2) is 66.1 Å². The molecular weight excluding hydrogens is 444 g/mol. The molecule has 0 spiro atoms. The molecule has 0 amide bonds. The fourth-order valence-electron chi connectivity index (χ4n) is 5.24. The van der Waals surface area contributed by atoms with Crippen LogP contribution in [0.2, 0.25) is 5.02 Å². The normalized spacial score (nSPS) is 18.4. The van der Waals surface area contributed by atoms with Gasteiger partial charge in [0, 0.05) is 58.9 Å². The van der Waals surface area contributed by atoms with Gasteiger partial charge in [-0.2, -0.15) is 4.58 Å². The minimum atomic E-state index is -0.274.